The van der Waals surface area contributed by atoms with Gasteiger partial charge in [-0.15, -0.1) is 0 Å². The Morgan fingerprint density at radius 3 is 2.71 bits per heavy atom. The fourth-order valence-corrected chi connectivity index (χ4v) is 2.01. The van der Waals surface area contributed by atoms with Gasteiger partial charge in [0.15, 0.2) is 0 Å². The van der Waals surface area contributed by atoms with Crippen LogP contribution < -0.4 is 11.1 Å². The summed E-state index contributed by atoms with van der Waals surface area (Å²) in [6, 6.07) is 0.277. The molecule has 0 heterocycles. The molecular weight excluding hydrogens is 196 g/mol. The van der Waals surface area contributed by atoms with Crippen LogP contribution in [-0.4, -0.2) is 30.5 Å². The number of nitrogens with one attached hydrogen (secondary N) is 1. The van der Waals surface area contributed by atoms with E-state index in [4.69, 9.17) is 5.73 Å². The normalized spacial score (nSPS) is 20.2. The molecule has 0 bridgehead atoms. The van der Waals surface area contributed by atoms with Crippen molar-refractivity contribution in [2.75, 3.05) is 18.6 Å². The van der Waals surface area contributed by atoms with Crippen LogP contribution in [0.5, 0.6) is 0 Å². The highest BCUT2D eigenvalue weighted by atomic mass is 32.2. The predicted molar refractivity (Wildman–Crippen MR) is 61.3 cm³/mol. The molecule has 1 unspecified atom stereocenters. The van der Waals surface area contributed by atoms with Gasteiger partial charge in [0, 0.05) is 12.6 Å². The number of thioether (sulfide) groups is 1. The zero-order chi connectivity index (χ0) is 10.6. The lowest BCUT2D eigenvalue weighted by atomic mass is 10.1. The van der Waals surface area contributed by atoms with Gasteiger partial charge in [0.05, 0.1) is 5.41 Å². The topological polar surface area (TPSA) is 55.1 Å². The number of rotatable bonds is 6. The van der Waals surface area contributed by atoms with Crippen molar-refractivity contribution in [2.45, 2.75) is 32.2 Å². The minimum Gasteiger partial charge on any atom is -0.353 e. The summed E-state index contributed by atoms with van der Waals surface area (Å²) >= 11 is 1.81. The molecule has 1 rings (SSSR count). The molecule has 1 aliphatic carbocycles. The van der Waals surface area contributed by atoms with Crippen molar-refractivity contribution in [1.29, 1.82) is 0 Å². The summed E-state index contributed by atoms with van der Waals surface area (Å²) in [4.78, 5) is 11.7. The van der Waals surface area contributed by atoms with Crippen molar-refractivity contribution in [1.82, 2.24) is 5.32 Å². The zero-order valence-electron chi connectivity index (χ0n) is 9.01. The monoisotopic (exact) mass is 216 g/mol. The summed E-state index contributed by atoms with van der Waals surface area (Å²) in [6.07, 6.45) is 5.04. The Kier molecular flexibility index (Phi) is 4.26. The van der Waals surface area contributed by atoms with Crippen LogP contribution in [-0.2, 0) is 4.79 Å². The van der Waals surface area contributed by atoms with Crippen molar-refractivity contribution in [3.8, 4) is 0 Å². The first-order valence-electron chi connectivity index (χ1n) is 5.14. The lowest BCUT2D eigenvalue weighted by Crippen LogP contribution is -2.41. The fraction of sp³-hybridized carbons (Fsp3) is 0.900. The summed E-state index contributed by atoms with van der Waals surface area (Å²) in [5.41, 5.74) is 5.38. The highest BCUT2D eigenvalue weighted by Gasteiger charge is 2.48. The Balaban J connectivity index is 2.26. The maximum Gasteiger partial charge on any atom is 0.227 e. The first kappa shape index (κ1) is 11.9. The minimum absolute atomic E-state index is 0.161. The molecule has 0 saturated heterocycles. The van der Waals surface area contributed by atoms with Crippen molar-refractivity contribution in [2.24, 2.45) is 11.1 Å². The summed E-state index contributed by atoms with van der Waals surface area (Å²) in [5, 5.41) is 3.04. The van der Waals surface area contributed by atoms with E-state index in [2.05, 4.69) is 18.5 Å². The van der Waals surface area contributed by atoms with Crippen molar-refractivity contribution in [3.05, 3.63) is 0 Å². The first-order valence-corrected chi connectivity index (χ1v) is 6.54. The van der Waals surface area contributed by atoms with Crippen LogP contribution in [0.3, 0.4) is 0 Å². The lowest BCUT2D eigenvalue weighted by molar-refractivity contribution is -0.126. The molecule has 1 aliphatic rings. The van der Waals surface area contributed by atoms with E-state index in [1.165, 1.54) is 0 Å². The van der Waals surface area contributed by atoms with Gasteiger partial charge in [0.25, 0.3) is 0 Å². The van der Waals surface area contributed by atoms with Gasteiger partial charge in [-0.3, -0.25) is 4.79 Å². The van der Waals surface area contributed by atoms with Crippen LogP contribution in [0.2, 0.25) is 0 Å². The first-order chi connectivity index (χ1) is 6.64. The van der Waals surface area contributed by atoms with Crippen molar-refractivity contribution >= 4 is 17.7 Å². The van der Waals surface area contributed by atoms with Crippen molar-refractivity contribution < 1.29 is 4.79 Å². The van der Waals surface area contributed by atoms with E-state index in [1.807, 2.05) is 11.8 Å². The molecule has 0 spiro atoms. The van der Waals surface area contributed by atoms with Gasteiger partial charge < -0.3 is 11.1 Å². The third-order valence-electron chi connectivity index (χ3n) is 2.86. The predicted octanol–water partition coefficient (Wildman–Crippen LogP) is 0.983. The molecule has 0 aromatic rings. The van der Waals surface area contributed by atoms with Gasteiger partial charge in [-0.25, -0.2) is 0 Å². The smallest absolute Gasteiger partial charge is 0.227 e. The molecule has 0 radical (unpaired) electrons. The Labute approximate surface area is 90.2 Å². The van der Waals surface area contributed by atoms with Crippen LogP contribution >= 0.6 is 11.8 Å². The molecule has 0 aromatic heterocycles. The standard InChI is InChI=1S/C10H20N2OS/c1-8(3-6-14-2)12-9(13)10(7-11)4-5-10/h8H,3-7,11H2,1-2H3,(H,12,13). The second kappa shape index (κ2) is 5.03. The van der Waals surface area contributed by atoms with E-state index in [-0.39, 0.29) is 17.4 Å². The van der Waals surface area contributed by atoms with Crippen LogP contribution in [0.1, 0.15) is 26.2 Å². The second-order valence-corrected chi connectivity index (χ2v) is 5.13. The molecule has 3 nitrogen and oxygen atoms in total. The molecule has 14 heavy (non-hydrogen) atoms. The van der Waals surface area contributed by atoms with Gasteiger partial charge >= 0.3 is 0 Å². The third kappa shape index (κ3) is 2.89. The summed E-state index contributed by atoms with van der Waals surface area (Å²) < 4.78 is 0. The molecule has 1 fully saturated rings. The second-order valence-electron chi connectivity index (χ2n) is 4.14. The summed E-state index contributed by atoms with van der Waals surface area (Å²) in [7, 11) is 0. The van der Waals surface area contributed by atoms with Crippen LogP contribution in [0, 0.1) is 5.41 Å². The molecule has 1 amide bonds. The SMILES string of the molecule is CSCCC(C)NC(=O)C1(CN)CC1. The number of carbonyl (C=O) groups excluding carboxylic acids is 1. The molecule has 1 saturated carbocycles. The number of amides is 1. The maximum absolute atomic E-state index is 11.7. The summed E-state index contributed by atoms with van der Waals surface area (Å²) in [5.74, 6) is 1.26. The van der Waals surface area contributed by atoms with Gasteiger partial charge in [-0.1, -0.05) is 0 Å². The molecule has 82 valence electrons. The summed E-state index contributed by atoms with van der Waals surface area (Å²) in [6.45, 7) is 2.55. The number of carbonyl (C=O) groups is 1. The Hall–Kier alpha value is -0.220. The third-order valence-corrected chi connectivity index (χ3v) is 3.50. The molecular formula is C10H20N2OS. The average molecular weight is 216 g/mol. The van der Waals surface area contributed by atoms with Crippen molar-refractivity contribution in [3.63, 3.8) is 0 Å². The Morgan fingerprint density at radius 1 is 1.64 bits per heavy atom. The highest BCUT2D eigenvalue weighted by Crippen LogP contribution is 2.44. The fourth-order valence-electron chi connectivity index (χ4n) is 1.42. The van der Waals surface area contributed by atoms with E-state index in [0.717, 1.165) is 25.0 Å². The largest absolute Gasteiger partial charge is 0.353 e. The van der Waals surface area contributed by atoms with Gasteiger partial charge in [0.2, 0.25) is 5.91 Å². The van der Waals surface area contributed by atoms with Crippen LogP contribution in [0.15, 0.2) is 0 Å². The number of nitrogens with two attached hydrogens (primary N) is 1. The molecule has 0 aromatic carbocycles. The molecule has 4 heteroatoms. The molecule has 0 aliphatic heterocycles. The van der Waals surface area contributed by atoms with Crippen LogP contribution in [0.25, 0.3) is 0 Å². The number of hydrogen-bond acceptors (Lipinski definition) is 3. The van der Waals surface area contributed by atoms with E-state index in [9.17, 15) is 4.79 Å². The molecule has 3 N–H and O–H groups in total. The zero-order valence-corrected chi connectivity index (χ0v) is 9.82. The van der Waals surface area contributed by atoms with E-state index in [1.54, 1.807) is 0 Å². The molecule has 1 atom stereocenters. The van der Waals surface area contributed by atoms with E-state index >= 15 is 0 Å². The maximum atomic E-state index is 11.7. The Bertz CT molecular complexity index is 204. The average Bonchev–Trinajstić information content (AvgIpc) is 2.95. The minimum atomic E-state index is -0.201. The van der Waals surface area contributed by atoms with E-state index in [0.29, 0.717) is 6.54 Å². The van der Waals surface area contributed by atoms with Gasteiger partial charge in [-0.2, -0.15) is 11.8 Å². The van der Waals surface area contributed by atoms with Gasteiger partial charge in [-0.05, 0) is 38.2 Å². The Morgan fingerprint density at radius 2 is 2.29 bits per heavy atom. The van der Waals surface area contributed by atoms with Gasteiger partial charge in [0.1, 0.15) is 0 Å². The van der Waals surface area contributed by atoms with E-state index < -0.39 is 0 Å². The lowest BCUT2D eigenvalue weighted by Gasteiger charge is -2.17. The number of hydrogen-bond donors (Lipinski definition) is 2. The van der Waals surface area contributed by atoms with Crippen LogP contribution in [0.4, 0.5) is 0 Å². The quantitative estimate of drug-likeness (QED) is 0.696. The highest BCUT2D eigenvalue weighted by molar-refractivity contribution is 7.98.